The number of ether oxygens (including phenoxy) is 1. The van der Waals surface area contributed by atoms with Gasteiger partial charge < -0.3 is 10.1 Å². The van der Waals surface area contributed by atoms with Crippen LogP contribution in [0.3, 0.4) is 0 Å². The molecule has 0 radical (unpaired) electrons. The summed E-state index contributed by atoms with van der Waals surface area (Å²) in [5.41, 5.74) is -0.463. The minimum Gasteiger partial charge on any atom is -0.494 e. The number of nitro groups is 1. The van der Waals surface area contributed by atoms with E-state index < -0.39 is 17.3 Å². The topological polar surface area (TPSA) is 64.4 Å². The molecule has 0 heterocycles. The van der Waals surface area contributed by atoms with Gasteiger partial charge in [-0.1, -0.05) is 13.5 Å². The molecule has 1 N–H and O–H groups in total. The van der Waals surface area contributed by atoms with Gasteiger partial charge in [0.2, 0.25) is 0 Å². The Morgan fingerprint density at radius 2 is 2.29 bits per heavy atom. The first kappa shape index (κ1) is 15.2. The summed E-state index contributed by atoms with van der Waals surface area (Å²) in [7, 11) is 1.48. The average Bonchev–Trinajstić information content (AvgIpc) is 2.32. The van der Waals surface area contributed by atoms with E-state index in [0.717, 1.165) is 6.42 Å². The highest BCUT2D eigenvalue weighted by atomic mass is 19.1. The number of nitrogens with one attached hydrogen (secondary N) is 1. The van der Waals surface area contributed by atoms with Gasteiger partial charge >= 0.3 is 0 Å². The monoisotopic (exact) mass is 244 g/mol. The Labute approximate surface area is 99.8 Å². The fraction of sp³-hybridized carbons (Fsp3) is 0.455. The molecular formula is C11H17FN2O3. The van der Waals surface area contributed by atoms with Crippen LogP contribution in [-0.4, -0.2) is 25.3 Å². The van der Waals surface area contributed by atoms with Crippen molar-refractivity contribution in [2.24, 2.45) is 0 Å². The van der Waals surface area contributed by atoms with Crippen molar-refractivity contribution in [3.63, 3.8) is 0 Å². The zero-order valence-corrected chi connectivity index (χ0v) is 10.0. The summed E-state index contributed by atoms with van der Waals surface area (Å²) in [6, 6.07) is 0. The van der Waals surface area contributed by atoms with Crippen LogP contribution in [0.15, 0.2) is 35.9 Å². The summed E-state index contributed by atoms with van der Waals surface area (Å²) in [5.74, 6) is 0.365. The molecule has 0 aliphatic heterocycles. The van der Waals surface area contributed by atoms with Crippen LogP contribution in [0.25, 0.3) is 0 Å². The number of likely N-dealkylation sites (N-methyl/N-ethyl adjacent to an activating group) is 1. The minimum absolute atomic E-state index is 0.0727. The maximum Gasteiger partial charge on any atom is 0.299 e. The van der Waals surface area contributed by atoms with E-state index in [2.05, 4.69) is 11.9 Å². The molecule has 0 fully saturated rings. The Bertz CT molecular complexity index is 338. The summed E-state index contributed by atoms with van der Waals surface area (Å²) < 4.78 is 17.8. The van der Waals surface area contributed by atoms with Gasteiger partial charge in [-0.3, -0.25) is 10.1 Å². The van der Waals surface area contributed by atoms with Crippen molar-refractivity contribution in [3.8, 4) is 0 Å². The predicted molar refractivity (Wildman–Crippen MR) is 63.6 cm³/mol. The Balaban J connectivity index is 5.15. The fourth-order valence-corrected chi connectivity index (χ4v) is 1.04. The number of nitrogens with zero attached hydrogens (tertiary/aromatic N) is 1. The van der Waals surface area contributed by atoms with Crippen molar-refractivity contribution >= 4 is 0 Å². The highest BCUT2D eigenvalue weighted by Gasteiger charge is 2.16. The molecule has 0 saturated carbocycles. The average molecular weight is 244 g/mol. The van der Waals surface area contributed by atoms with Crippen molar-refractivity contribution < 1.29 is 14.1 Å². The largest absolute Gasteiger partial charge is 0.494 e. The molecule has 0 aromatic rings. The van der Waals surface area contributed by atoms with Crippen molar-refractivity contribution in [2.45, 2.75) is 13.3 Å². The van der Waals surface area contributed by atoms with Crippen molar-refractivity contribution in [2.75, 3.05) is 20.3 Å². The number of rotatable bonds is 8. The lowest BCUT2D eigenvalue weighted by atomic mass is 10.3. The standard InChI is InChI=1S/C11H17FN2O3/c1-4-6-17-9(5-2)7-10(13-3)11(8-12)14(15)16/h5,7,13H,2,4,6,8H2,1,3H3/b9-7+,11-10-. The number of alkyl halides is 1. The second-order valence-electron chi connectivity index (χ2n) is 3.10. The second kappa shape index (κ2) is 8.32. The molecule has 5 nitrogen and oxygen atoms in total. The maximum absolute atomic E-state index is 12.5. The molecule has 0 unspecified atom stereocenters. The first-order valence-corrected chi connectivity index (χ1v) is 5.18. The quantitative estimate of drug-likeness (QED) is 0.307. The van der Waals surface area contributed by atoms with Crippen molar-refractivity contribution in [1.82, 2.24) is 5.32 Å². The first-order chi connectivity index (χ1) is 8.10. The van der Waals surface area contributed by atoms with Gasteiger partial charge in [0.25, 0.3) is 5.70 Å². The Hall–Kier alpha value is -1.85. The lowest BCUT2D eigenvalue weighted by Crippen LogP contribution is -2.14. The van der Waals surface area contributed by atoms with Crippen LogP contribution >= 0.6 is 0 Å². The van der Waals surface area contributed by atoms with Gasteiger partial charge in [0, 0.05) is 13.1 Å². The van der Waals surface area contributed by atoms with E-state index in [9.17, 15) is 14.5 Å². The van der Waals surface area contributed by atoms with Gasteiger partial charge in [-0.05, 0) is 12.5 Å². The predicted octanol–water partition coefficient (Wildman–Crippen LogP) is 2.16. The van der Waals surface area contributed by atoms with Crippen LogP contribution in [0.4, 0.5) is 4.39 Å². The minimum atomic E-state index is -1.15. The summed E-state index contributed by atoms with van der Waals surface area (Å²) in [4.78, 5) is 9.83. The van der Waals surface area contributed by atoms with Crippen LogP contribution in [0.2, 0.25) is 0 Å². The first-order valence-electron chi connectivity index (χ1n) is 5.18. The molecule has 0 atom stereocenters. The SMILES string of the molecule is C=C/C(=C\C(NC)=C(/CF)[N+](=O)[O-])OCCC. The third-order valence-corrected chi connectivity index (χ3v) is 1.89. The molecule has 0 aromatic carbocycles. The molecule has 0 saturated heterocycles. The highest BCUT2D eigenvalue weighted by molar-refractivity contribution is 5.26. The van der Waals surface area contributed by atoms with E-state index in [4.69, 9.17) is 4.74 Å². The highest BCUT2D eigenvalue weighted by Crippen LogP contribution is 2.10. The van der Waals surface area contributed by atoms with E-state index in [1.54, 1.807) is 0 Å². The molecule has 0 aliphatic rings. The van der Waals surface area contributed by atoms with Crippen LogP contribution < -0.4 is 5.32 Å². The molecule has 0 aromatic heterocycles. The van der Waals surface area contributed by atoms with Gasteiger partial charge in [0.1, 0.15) is 11.5 Å². The molecule has 6 heteroatoms. The smallest absolute Gasteiger partial charge is 0.299 e. The Kier molecular flexibility index (Phi) is 7.41. The molecule has 0 bridgehead atoms. The molecular weight excluding hydrogens is 227 g/mol. The van der Waals surface area contributed by atoms with E-state index in [1.165, 1.54) is 19.2 Å². The van der Waals surface area contributed by atoms with Crippen LogP contribution in [-0.2, 0) is 4.74 Å². The van der Waals surface area contributed by atoms with Crippen molar-refractivity contribution in [1.29, 1.82) is 0 Å². The molecule has 0 spiro atoms. The van der Waals surface area contributed by atoms with Crippen LogP contribution in [0.5, 0.6) is 0 Å². The van der Waals surface area contributed by atoms with Gasteiger partial charge in [0.05, 0.1) is 11.5 Å². The molecule has 17 heavy (non-hydrogen) atoms. The number of allylic oxidation sites excluding steroid dienone is 3. The fourth-order valence-electron chi connectivity index (χ4n) is 1.04. The van der Waals surface area contributed by atoms with Crippen LogP contribution in [0, 0.1) is 10.1 Å². The molecule has 0 rings (SSSR count). The van der Waals surface area contributed by atoms with E-state index in [-0.39, 0.29) is 5.70 Å². The van der Waals surface area contributed by atoms with Crippen molar-refractivity contribution in [3.05, 3.63) is 46.0 Å². The normalized spacial score (nSPS) is 12.8. The summed E-state index contributed by atoms with van der Waals surface area (Å²) in [6.07, 6.45) is 3.58. The van der Waals surface area contributed by atoms with E-state index >= 15 is 0 Å². The lowest BCUT2D eigenvalue weighted by molar-refractivity contribution is -0.429. The van der Waals surface area contributed by atoms with E-state index in [1.807, 2.05) is 6.92 Å². The zero-order valence-electron chi connectivity index (χ0n) is 10.0. The zero-order chi connectivity index (χ0) is 13.3. The summed E-state index contributed by atoms with van der Waals surface area (Å²) >= 11 is 0. The molecule has 0 aliphatic carbocycles. The number of halogens is 1. The Morgan fingerprint density at radius 3 is 2.65 bits per heavy atom. The van der Waals surface area contributed by atoms with Gasteiger partial charge in [-0.25, -0.2) is 4.39 Å². The summed E-state index contributed by atoms with van der Waals surface area (Å²) in [6.45, 7) is 4.77. The maximum atomic E-state index is 12.5. The third kappa shape index (κ3) is 5.14. The van der Waals surface area contributed by atoms with Crippen LogP contribution in [0.1, 0.15) is 13.3 Å². The Morgan fingerprint density at radius 1 is 1.65 bits per heavy atom. The molecule has 96 valence electrons. The third-order valence-electron chi connectivity index (χ3n) is 1.89. The summed E-state index contributed by atoms with van der Waals surface area (Å²) in [5, 5.41) is 13.2. The van der Waals surface area contributed by atoms with Gasteiger partial charge in [-0.2, -0.15) is 0 Å². The van der Waals surface area contributed by atoms with E-state index in [0.29, 0.717) is 12.4 Å². The van der Waals surface area contributed by atoms with Gasteiger partial charge in [-0.15, -0.1) is 0 Å². The number of hydrogen-bond acceptors (Lipinski definition) is 4. The lowest BCUT2D eigenvalue weighted by Gasteiger charge is -2.07. The van der Waals surface area contributed by atoms with Gasteiger partial charge in [0.15, 0.2) is 6.67 Å². The second-order valence-corrected chi connectivity index (χ2v) is 3.10. The molecule has 0 amide bonds. The number of hydrogen-bond donors (Lipinski definition) is 1.